The first kappa shape index (κ1) is 13.2. The molecule has 0 aliphatic carbocycles. The number of aryl methyl sites for hydroxylation is 1. The number of amides is 2. The van der Waals surface area contributed by atoms with Gasteiger partial charge in [0.25, 0.3) is 0 Å². The predicted octanol–water partition coefficient (Wildman–Crippen LogP) is 0.409. The Labute approximate surface area is 109 Å². The van der Waals surface area contributed by atoms with Crippen LogP contribution in [0.4, 0.5) is 9.93 Å². The Morgan fingerprint density at radius 1 is 1.50 bits per heavy atom. The Balaban J connectivity index is 1.86. The van der Waals surface area contributed by atoms with E-state index in [0.717, 1.165) is 11.4 Å². The fourth-order valence-electron chi connectivity index (χ4n) is 1.67. The Morgan fingerprint density at radius 2 is 2.28 bits per heavy atom. The first-order chi connectivity index (χ1) is 8.48. The van der Waals surface area contributed by atoms with Crippen molar-refractivity contribution in [2.75, 3.05) is 16.8 Å². The lowest BCUT2D eigenvalue weighted by Gasteiger charge is -2.09. The summed E-state index contributed by atoms with van der Waals surface area (Å²) < 4.78 is 22.5. The van der Waals surface area contributed by atoms with Crippen molar-refractivity contribution in [1.82, 2.24) is 15.5 Å². The average Bonchev–Trinajstić information content (AvgIpc) is 2.85. The van der Waals surface area contributed by atoms with Crippen molar-refractivity contribution in [2.45, 2.75) is 25.8 Å². The van der Waals surface area contributed by atoms with Gasteiger partial charge in [-0.25, -0.2) is 13.2 Å². The Bertz CT molecular complexity index is 540. The minimum Gasteiger partial charge on any atom is -0.334 e. The van der Waals surface area contributed by atoms with Gasteiger partial charge >= 0.3 is 6.03 Å². The van der Waals surface area contributed by atoms with E-state index >= 15 is 0 Å². The van der Waals surface area contributed by atoms with E-state index in [1.54, 1.807) is 0 Å². The highest BCUT2D eigenvalue weighted by atomic mass is 32.2. The predicted molar refractivity (Wildman–Crippen MR) is 68.5 cm³/mol. The van der Waals surface area contributed by atoms with Gasteiger partial charge in [-0.15, -0.1) is 10.2 Å². The number of anilines is 1. The van der Waals surface area contributed by atoms with Gasteiger partial charge in [-0.05, 0) is 12.8 Å². The van der Waals surface area contributed by atoms with E-state index < -0.39 is 15.9 Å². The van der Waals surface area contributed by atoms with Crippen molar-refractivity contribution in [3.63, 3.8) is 0 Å². The summed E-state index contributed by atoms with van der Waals surface area (Å²) in [5.74, 6) is 0.146. The molecule has 2 amide bonds. The molecule has 0 radical (unpaired) electrons. The molecule has 1 fully saturated rings. The zero-order valence-electron chi connectivity index (χ0n) is 9.84. The summed E-state index contributed by atoms with van der Waals surface area (Å²) in [5.41, 5.74) is 0. The highest BCUT2D eigenvalue weighted by Crippen LogP contribution is 2.16. The first-order valence-corrected chi connectivity index (χ1v) is 8.22. The number of aromatic nitrogens is 2. The summed E-state index contributed by atoms with van der Waals surface area (Å²) in [6.45, 7) is 1.95. The standard InChI is InChI=1S/C9H14N4O3S2/c1-2-7-12-13-9(17-7)11-8(14)10-6-3-4-18(15,16)5-6/h6H,2-5H2,1H3,(H2,10,11,13,14). The molecular formula is C9H14N4O3S2. The molecule has 0 bridgehead atoms. The van der Waals surface area contributed by atoms with Crippen molar-refractivity contribution in [2.24, 2.45) is 0 Å². The van der Waals surface area contributed by atoms with Gasteiger partial charge in [0.15, 0.2) is 9.84 Å². The molecule has 1 unspecified atom stereocenters. The highest BCUT2D eigenvalue weighted by molar-refractivity contribution is 7.91. The second-order valence-corrected chi connectivity index (χ2v) is 7.34. The van der Waals surface area contributed by atoms with Gasteiger partial charge in [0.2, 0.25) is 5.13 Å². The summed E-state index contributed by atoms with van der Waals surface area (Å²) in [7, 11) is -2.98. The quantitative estimate of drug-likeness (QED) is 0.839. The van der Waals surface area contributed by atoms with Crippen LogP contribution in [0.15, 0.2) is 0 Å². The molecular weight excluding hydrogens is 276 g/mol. The van der Waals surface area contributed by atoms with E-state index in [0.29, 0.717) is 11.6 Å². The minimum absolute atomic E-state index is 0.0107. The Hall–Kier alpha value is -1.22. The normalized spacial score (nSPS) is 21.7. The molecule has 7 nitrogen and oxygen atoms in total. The molecule has 1 aliphatic rings. The summed E-state index contributed by atoms with van der Waals surface area (Å²) in [6.07, 6.45) is 1.23. The fraction of sp³-hybridized carbons (Fsp3) is 0.667. The molecule has 0 aromatic carbocycles. The number of hydrogen-bond acceptors (Lipinski definition) is 6. The van der Waals surface area contributed by atoms with Crippen LogP contribution < -0.4 is 10.6 Å². The van der Waals surface area contributed by atoms with Crippen LogP contribution in [-0.2, 0) is 16.3 Å². The third-order valence-electron chi connectivity index (χ3n) is 2.56. The van der Waals surface area contributed by atoms with Crippen molar-refractivity contribution in [1.29, 1.82) is 0 Å². The van der Waals surface area contributed by atoms with Crippen LogP contribution in [0.2, 0.25) is 0 Å². The van der Waals surface area contributed by atoms with Gasteiger partial charge in [-0.3, -0.25) is 5.32 Å². The number of carbonyl (C=O) groups excluding carboxylic acids is 1. The molecule has 1 aromatic rings. The van der Waals surface area contributed by atoms with E-state index in [1.807, 2.05) is 6.92 Å². The van der Waals surface area contributed by atoms with Crippen LogP contribution in [0.25, 0.3) is 0 Å². The van der Waals surface area contributed by atoms with Gasteiger partial charge in [0, 0.05) is 6.04 Å². The second kappa shape index (κ2) is 5.19. The summed E-state index contributed by atoms with van der Waals surface area (Å²) >= 11 is 1.31. The first-order valence-electron chi connectivity index (χ1n) is 5.59. The number of nitrogens with zero attached hydrogens (tertiary/aromatic N) is 2. The number of carbonyl (C=O) groups is 1. The topological polar surface area (TPSA) is 101 Å². The maximum Gasteiger partial charge on any atom is 0.321 e. The number of hydrogen-bond donors (Lipinski definition) is 2. The molecule has 100 valence electrons. The molecule has 18 heavy (non-hydrogen) atoms. The van der Waals surface area contributed by atoms with Crippen molar-refractivity contribution in [3.05, 3.63) is 5.01 Å². The lowest BCUT2D eigenvalue weighted by molar-refractivity contribution is 0.249. The van der Waals surface area contributed by atoms with E-state index in [-0.39, 0.29) is 17.5 Å². The molecule has 1 atom stereocenters. The van der Waals surface area contributed by atoms with Gasteiger partial charge in [-0.1, -0.05) is 18.3 Å². The highest BCUT2D eigenvalue weighted by Gasteiger charge is 2.29. The van der Waals surface area contributed by atoms with Crippen LogP contribution >= 0.6 is 11.3 Å². The SMILES string of the molecule is CCc1nnc(NC(=O)NC2CCS(=O)(=O)C2)s1. The Morgan fingerprint density at radius 3 is 2.83 bits per heavy atom. The molecule has 2 rings (SSSR count). The third kappa shape index (κ3) is 3.39. The molecule has 1 aliphatic heterocycles. The minimum atomic E-state index is -2.98. The zero-order chi connectivity index (χ0) is 13.2. The number of rotatable bonds is 3. The molecule has 1 aromatic heterocycles. The summed E-state index contributed by atoms with van der Waals surface area (Å²) in [4.78, 5) is 11.6. The van der Waals surface area contributed by atoms with Crippen LogP contribution in [0.3, 0.4) is 0 Å². The molecule has 0 spiro atoms. The van der Waals surface area contributed by atoms with E-state index in [2.05, 4.69) is 20.8 Å². The van der Waals surface area contributed by atoms with Crippen LogP contribution in [0.5, 0.6) is 0 Å². The molecule has 2 heterocycles. The maximum atomic E-state index is 11.6. The molecule has 2 N–H and O–H groups in total. The van der Waals surface area contributed by atoms with Crippen molar-refractivity contribution in [3.8, 4) is 0 Å². The average molecular weight is 290 g/mol. The Kier molecular flexibility index (Phi) is 3.81. The lowest BCUT2D eigenvalue weighted by Crippen LogP contribution is -2.38. The van der Waals surface area contributed by atoms with Crippen LogP contribution in [-0.4, -0.2) is 42.2 Å². The van der Waals surface area contributed by atoms with Gasteiger partial charge < -0.3 is 5.32 Å². The third-order valence-corrected chi connectivity index (χ3v) is 5.31. The largest absolute Gasteiger partial charge is 0.334 e. The van der Waals surface area contributed by atoms with Gasteiger partial charge in [-0.2, -0.15) is 0 Å². The molecule has 1 saturated heterocycles. The van der Waals surface area contributed by atoms with Gasteiger partial charge in [0.05, 0.1) is 11.5 Å². The number of urea groups is 1. The smallest absolute Gasteiger partial charge is 0.321 e. The monoisotopic (exact) mass is 290 g/mol. The summed E-state index contributed by atoms with van der Waals surface area (Å²) in [6, 6.07) is -0.746. The van der Waals surface area contributed by atoms with Gasteiger partial charge in [0.1, 0.15) is 5.01 Å². The van der Waals surface area contributed by atoms with E-state index in [4.69, 9.17) is 0 Å². The zero-order valence-corrected chi connectivity index (χ0v) is 11.5. The van der Waals surface area contributed by atoms with Crippen molar-refractivity contribution >= 4 is 32.3 Å². The van der Waals surface area contributed by atoms with Crippen LogP contribution in [0.1, 0.15) is 18.4 Å². The van der Waals surface area contributed by atoms with E-state index in [9.17, 15) is 13.2 Å². The summed E-state index contributed by atoms with van der Waals surface area (Å²) in [5, 5.41) is 14.1. The van der Waals surface area contributed by atoms with Crippen LogP contribution in [0, 0.1) is 0 Å². The second-order valence-electron chi connectivity index (χ2n) is 4.05. The maximum absolute atomic E-state index is 11.6. The fourth-order valence-corrected chi connectivity index (χ4v) is 4.02. The van der Waals surface area contributed by atoms with E-state index in [1.165, 1.54) is 11.3 Å². The number of sulfone groups is 1. The number of nitrogens with one attached hydrogen (secondary N) is 2. The van der Waals surface area contributed by atoms with Crippen molar-refractivity contribution < 1.29 is 13.2 Å². The molecule has 9 heteroatoms. The molecule has 0 saturated carbocycles. The lowest BCUT2D eigenvalue weighted by atomic mass is 10.3.